The molecule has 6 heteroatoms. The second kappa shape index (κ2) is 6.84. The normalized spacial score (nSPS) is 10.8. The first-order chi connectivity index (χ1) is 9.60. The van der Waals surface area contributed by atoms with Crippen molar-refractivity contribution in [1.29, 1.82) is 0 Å². The van der Waals surface area contributed by atoms with Crippen LogP contribution in [0.4, 0.5) is 5.69 Å². The van der Waals surface area contributed by atoms with Crippen LogP contribution in [-0.2, 0) is 0 Å². The number of methoxy groups -OCH3 is 1. The zero-order chi connectivity index (χ0) is 14.5. The fourth-order valence-electron chi connectivity index (χ4n) is 1.51. The largest absolute Gasteiger partial charge is 0.495 e. The predicted octanol–water partition coefficient (Wildman–Crippen LogP) is 5.10. The first-order valence-corrected chi connectivity index (χ1v) is 6.81. The minimum atomic E-state index is 0.489. The van der Waals surface area contributed by atoms with Gasteiger partial charge >= 0.3 is 0 Å². The number of ether oxygens (including phenoxy) is 1. The number of hydrogen-bond acceptors (Lipinski definition) is 3. The molecule has 0 aromatic heterocycles. The molecule has 2 rings (SSSR count). The summed E-state index contributed by atoms with van der Waals surface area (Å²) in [7, 11) is 1.57. The molecular weight excluding hydrogens is 319 g/mol. The molecule has 0 fully saturated rings. The van der Waals surface area contributed by atoms with Crippen molar-refractivity contribution < 1.29 is 4.74 Å². The summed E-state index contributed by atoms with van der Waals surface area (Å²) in [6, 6.07) is 10.6. The van der Waals surface area contributed by atoms with Gasteiger partial charge in [-0.15, -0.1) is 0 Å². The van der Waals surface area contributed by atoms with Crippen molar-refractivity contribution in [2.45, 2.75) is 0 Å². The summed E-state index contributed by atoms with van der Waals surface area (Å²) in [5, 5.41) is 5.62. The minimum Gasteiger partial charge on any atom is -0.495 e. The first kappa shape index (κ1) is 15.0. The molecule has 0 saturated carbocycles. The van der Waals surface area contributed by atoms with Gasteiger partial charge in [0, 0.05) is 0 Å². The smallest absolute Gasteiger partial charge is 0.137 e. The van der Waals surface area contributed by atoms with Gasteiger partial charge in [0.1, 0.15) is 5.75 Å². The van der Waals surface area contributed by atoms with Crippen LogP contribution in [0.2, 0.25) is 15.1 Å². The molecule has 2 aromatic rings. The summed E-state index contributed by atoms with van der Waals surface area (Å²) in [5.41, 5.74) is 4.47. The van der Waals surface area contributed by atoms with Crippen molar-refractivity contribution in [3.63, 3.8) is 0 Å². The van der Waals surface area contributed by atoms with Crippen LogP contribution < -0.4 is 10.2 Å². The van der Waals surface area contributed by atoms with Crippen LogP contribution in [0.5, 0.6) is 5.75 Å². The molecule has 2 aromatic carbocycles. The Morgan fingerprint density at radius 3 is 2.45 bits per heavy atom. The third-order valence-electron chi connectivity index (χ3n) is 2.50. The summed E-state index contributed by atoms with van der Waals surface area (Å²) in [6.45, 7) is 0. The Morgan fingerprint density at radius 1 is 1.00 bits per heavy atom. The highest BCUT2D eigenvalue weighted by Gasteiger charge is 2.01. The van der Waals surface area contributed by atoms with Crippen molar-refractivity contribution in [2.24, 2.45) is 5.10 Å². The highest BCUT2D eigenvalue weighted by molar-refractivity contribution is 6.42. The molecule has 0 spiro atoms. The molecule has 0 aliphatic rings. The molecule has 0 saturated heterocycles. The van der Waals surface area contributed by atoms with E-state index in [2.05, 4.69) is 10.5 Å². The Balaban J connectivity index is 2.06. The van der Waals surface area contributed by atoms with Gasteiger partial charge in [0.05, 0.1) is 34.1 Å². The molecule has 0 bridgehead atoms. The zero-order valence-electron chi connectivity index (χ0n) is 10.5. The fourth-order valence-corrected chi connectivity index (χ4v) is 2.07. The summed E-state index contributed by atoms with van der Waals surface area (Å²) < 4.78 is 5.07. The van der Waals surface area contributed by atoms with E-state index in [-0.39, 0.29) is 0 Å². The lowest BCUT2D eigenvalue weighted by atomic mass is 10.2. The molecule has 0 unspecified atom stereocenters. The van der Waals surface area contributed by atoms with Crippen LogP contribution in [0.3, 0.4) is 0 Å². The Hall–Kier alpha value is -1.42. The molecule has 0 heterocycles. The van der Waals surface area contributed by atoms with Crippen LogP contribution >= 0.6 is 34.8 Å². The average Bonchev–Trinajstić information content (AvgIpc) is 2.43. The summed E-state index contributed by atoms with van der Waals surface area (Å²) in [6.07, 6.45) is 1.64. The number of nitrogens with zero attached hydrogens (tertiary/aromatic N) is 1. The van der Waals surface area contributed by atoms with Crippen molar-refractivity contribution >= 4 is 46.7 Å². The standard InChI is InChI=1S/C14H11Cl3N2O/c1-20-14-5-3-10(7-13(14)17)19-18-8-9-2-4-11(15)12(16)6-9/h2-8,19H,1H3/b18-8+. The van der Waals surface area contributed by atoms with Crippen LogP contribution in [0.1, 0.15) is 5.56 Å². The Kier molecular flexibility index (Phi) is 5.12. The molecule has 1 N–H and O–H groups in total. The van der Waals surface area contributed by atoms with Crippen LogP contribution in [0.25, 0.3) is 0 Å². The lowest BCUT2D eigenvalue weighted by Crippen LogP contribution is -1.92. The maximum atomic E-state index is 6.01. The van der Waals surface area contributed by atoms with Gasteiger partial charge in [-0.1, -0.05) is 40.9 Å². The molecule has 0 aliphatic carbocycles. The van der Waals surface area contributed by atoms with Gasteiger partial charge in [0.2, 0.25) is 0 Å². The van der Waals surface area contributed by atoms with Crippen LogP contribution in [-0.4, -0.2) is 13.3 Å². The molecule has 3 nitrogen and oxygen atoms in total. The van der Waals surface area contributed by atoms with Crippen molar-refractivity contribution in [1.82, 2.24) is 0 Å². The quantitative estimate of drug-likeness (QED) is 0.625. The van der Waals surface area contributed by atoms with Gasteiger partial charge in [-0.2, -0.15) is 5.10 Å². The maximum absolute atomic E-state index is 6.01. The SMILES string of the molecule is COc1ccc(N/N=C/c2ccc(Cl)c(Cl)c2)cc1Cl. The Labute approximate surface area is 132 Å². The fraction of sp³-hybridized carbons (Fsp3) is 0.0714. The average molecular weight is 330 g/mol. The lowest BCUT2D eigenvalue weighted by molar-refractivity contribution is 0.415. The Morgan fingerprint density at radius 2 is 1.80 bits per heavy atom. The van der Waals surface area contributed by atoms with E-state index >= 15 is 0 Å². The highest BCUT2D eigenvalue weighted by Crippen LogP contribution is 2.27. The predicted molar refractivity (Wildman–Crippen MR) is 85.7 cm³/mol. The summed E-state index contributed by atoms with van der Waals surface area (Å²) in [5.74, 6) is 0.616. The number of nitrogens with one attached hydrogen (secondary N) is 1. The van der Waals surface area contributed by atoms with Gasteiger partial charge in [0.15, 0.2) is 0 Å². The second-order valence-electron chi connectivity index (χ2n) is 3.89. The van der Waals surface area contributed by atoms with E-state index in [0.717, 1.165) is 11.3 Å². The number of hydrogen-bond donors (Lipinski definition) is 1. The molecule has 20 heavy (non-hydrogen) atoms. The van der Waals surface area contributed by atoms with E-state index in [1.54, 1.807) is 37.6 Å². The summed E-state index contributed by atoms with van der Waals surface area (Å²) >= 11 is 17.8. The second-order valence-corrected chi connectivity index (χ2v) is 5.11. The van der Waals surface area contributed by atoms with E-state index in [0.29, 0.717) is 20.8 Å². The zero-order valence-corrected chi connectivity index (χ0v) is 12.8. The third-order valence-corrected chi connectivity index (χ3v) is 3.54. The minimum absolute atomic E-state index is 0.489. The summed E-state index contributed by atoms with van der Waals surface area (Å²) in [4.78, 5) is 0. The number of benzene rings is 2. The van der Waals surface area contributed by atoms with Gasteiger partial charge in [-0.3, -0.25) is 5.43 Å². The number of halogens is 3. The van der Waals surface area contributed by atoms with Gasteiger partial charge in [-0.25, -0.2) is 0 Å². The van der Waals surface area contributed by atoms with E-state index in [9.17, 15) is 0 Å². The van der Waals surface area contributed by atoms with Crippen LogP contribution in [0, 0.1) is 0 Å². The molecule has 104 valence electrons. The van der Waals surface area contributed by atoms with E-state index in [1.807, 2.05) is 12.1 Å². The molecule has 0 atom stereocenters. The topological polar surface area (TPSA) is 33.6 Å². The third kappa shape index (κ3) is 3.79. The van der Waals surface area contributed by atoms with E-state index in [1.165, 1.54) is 0 Å². The first-order valence-electron chi connectivity index (χ1n) is 5.68. The van der Waals surface area contributed by atoms with Crippen LogP contribution in [0.15, 0.2) is 41.5 Å². The maximum Gasteiger partial charge on any atom is 0.137 e. The van der Waals surface area contributed by atoms with Gasteiger partial charge in [0.25, 0.3) is 0 Å². The molecule has 0 amide bonds. The Bertz CT molecular complexity index is 644. The molecule has 0 radical (unpaired) electrons. The van der Waals surface area contributed by atoms with Gasteiger partial charge in [-0.05, 0) is 35.9 Å². The number of hydrazone groups is 1. The van der Waals surface area contributed by atoms with Crippen molar-refractivity contribution in [3.05, 3.63) is 57.0 Å². The van der Waals surface area contributed by atoms with Gasteiger partial charge < -0.3 is 4.74 Å². The molecule has 0 aliphatic heterocycles. The van der Waals surface area contributed by atoms with Crippen molar-refractivity contribution in [3.8, 4) is 5.75 Å². The highest BCUT2D eigenvalue weighted by atomic mass is 35.5. The lowest BCUT2D eigenvalue weighted by Gasteiger charge is -2.05. The van der Waals surface area contributed by atoms with E-state index < -0.39 is 0 Å². The number of anilines is 1. The van der Waals surface area contributed by atoms with E-state index in [4.69, 9.17) is 39.5 Å². The monoisotopic (exact) mass is 328 g/mol. The molecular formula is C14H11Cl3N2O. The number of rotatable bonds is 4. The van der Waals surface area contributed by atoms with Crippen molar-refractivity contribution in [2.75, 3.05) is 12.5 Å².